The van der Waals surface area contributed by atoms with Crippen LogP contribution >= 0.6 is 0 Å². The van der Waals surface area contributed by atoms with Gasteiger partial charge in [0.2, 0.25) is 5.96 Å². The van der Waals surface area contributed by atoms with Gasteiger partial charge < -0.3 is 16.0 Å². The Hall–Kier alpha value is -3.76. The second kappa shape index (κ2) is 12.0. The Balaban J connectivity index is 1.84. The molecular formula is C28H35F3N6O2. The normalized spacial score (nSPS) is 18.4. The van der Waals surface area contributed by atoms with E-state index >= 15 is 0 Å². The van der Waals surface area contributed by atoms with Crippen LogP contribution in [0.5, 0.6) is 0 Å². The number of hydrogen-bond acceptors (Lipinski definition) is 3. The fourth-order valence-corrected chi connectivity index (χ4v) is 4.96. The van der Waals surface area contributed by atoms with Crippen LogP contribution in [0.2, 0.25) is 0 Å². The molecule has 3 rings (SSSR count). The number of aryl methyl sites for hydroxylation is 1. The van der Waals surface area contributed by atoms with Gasteiger partial charge in [-0.05, 0) is 79.3 Å². The summed E-state index contributed by atoms with van der Waals surface area (Å²) in [6, 6.07) is 9.64. The van der Waals surface area contributed by atoms with Crippen LogP contribution in [0.1, 0.15) is 73.5 Å². The standard InChI is InChI=1S/C28H35F3N6O2/c1-17-5-12-21(15-23(17)28(29,30)31)34-26(39)37(22-13-10-20(11-14-22)27(2,3)4)16-18-6-8-19(9-7-18)24(38)35-25(32)36-33/h5-9,12,15,20,22,33H,10-11,13-14,16H2,1-4H3,(H,34,39)(H2,32,35,38). The summed E-state index contributed by atoms with van der Waals surface area (Å²) in [4.78, 5) is 30.8. The number of carbonyl (C=O) groups excluding carboxylic acids is 2. The van der Waals surface area contributed by atoms with E-state index in [1.807, 2.05) is 0 Å². The maximum atomic E-state index is 13.5. The zero-order chi connectivity index (χ0) is 29.0. The van der Waals surface area contributed by atoms with Gasteiger partial charge in [-0.3, -0.25) is 4.79 Å². The molecule has 1 saturated carbocycles. The van der Waals surface area contributed by atoms with Gasteiger partial charge in [0.15, 0.2) is 0 Å². The Morgan fingerprint density at radius 1 is 1.05 bits per heavy atom. The zero-order valence-electron chi connectivity index (χ0n) is 22.6. The zero-order valence-corrected chi connectivity index (χ0v) is 22.6. The smallest absolute Gasteiger partial charge is 0.366 e. The number of nitrogens with zero attached hydrogens (tertiary/aromatic N) is 3. The summed E-state index contributed by atoms with van der Waals surface area (Å²) in [5, 5.41) is 5.58. The van der Waals surface area contributed by atoms with Gasteiger partial charge >= 0.3 is 12.2 Å². The molecule has 8 nitrogen and oxygen atoms in total. The molecule has 1 aliphatic rings. The first-order valence-electron chi connectivity index (χ1n) is 12.8. The fraction of sp³-hybridized carbons (Fsp3) is 0.464. The first-order valence-corrected chi connectivity index (χ1v) is 12.8. The van der Waals surface area contributed by atoms with E-state index in [2.05, 4.69) is 36.2 Å². The van der Waals surface area contributed by atoms with Crippen molar-refractivity contribution < 1.29 is 22.8 Å². The third kappa shape index (κ3) is 7.87. The van der Waals surface area contributed by atoms with Gasteiger partial charge in [0, 0.05) is 23.8 Å². The molecule has 0 saturated heterocycles. The Morgan fingerprint density at radius 3 is 2.21 bits per heavy atom. The van der Waals surface area contributed by atoms with Gasteiger partial charge in [-0.15, -0.1) is 5.11 Å². The minimum absolute atomic E-state index is 0.0718. The van der Waals surface area contributed by atoms with E-state index in [4.69, 9.17) is 11.3 Å². The average Bonchev–Trinajstić information content (AvgIpc) is 2.87. The second-order valence-electron chi connectivity index (χ2n) is 11.0. The van der Waals surface area contributed by atoms with Gasteiger partial charge in [0.25, 0.3) is 5.91 Å². The third-order valence-corrected chi connectivity index (χ3v) is 7.30. The van der Waals surface area contributed by atoms with Crippen LogP contribution in [0, 0.1) is 23.8 Å². The average molecular weight is 545 g/mol. The quantitative estimate of drug-likeness (QED) is 0.210. The number of nitrogens with one attached hydrogen (secondary N) is 2. The van der Waals surface area contributed by atoms with Crippen molar-refractivity contribution in [2.24, 2.45) is 27.2 Å². The number of halogens is 3. The molecule has 2 aromatic carbocycles. The van der Waals surface area contributed by atoms with Crippen molar-refractivity contribution in [3.8, 4) is 0 Å². The molecule has 1 aliphatic carbocycles. The molecule has 11 heteroatoms. The summed E-state index contributed by atoms with van der Waals surface area (Å²) in [5.74, 6) is -0.591. The van der Waals surface area contributed by atoms with Crippen LogP contribution in [0.4, 0.5) is 23.7 Å². The Bertz CT molecular complexity index is 1230. The molecular weight excluding hydrogens is 509 g/mol. The number of amides is 3. The number of guanidine groups is 1. The van der Waals surface area contributed by atoms with E-state index in [9.17, 15) is 22.8 Å². The number of anilines is 1. The Labute approximate surface area is 226 Å². The predicted octanol–water partition coefficient (Wildman–Crippen LogP) is 7.14. The van der Waals surface area contributed by atoms with Crippen molar-refractivity contribution in [1.29, 1.82) is 5.53 Å². The van der Waals surface area contributed by atoms with Gasteiger partial charge in [-0.1, -0.05) is 39.0 Å². The molecule has 0 bridgehead atoms. The van der Waals surface area contributed by atoms with Crippen molar-refractivity contribution in [1.82, 2.24) is 4.90 Å². The summed E-state index contributed by atoms with van der Waals surface area (Å²) in [7, 11) is 0. The molecule has 0 aliphatic heterocycles. The van der Waals surface area contributed by atoms with E-state index in [0.717, 1.165) is 37.3 Å². The summed E-state index contributed by atoms with van der Waals surface area (Å²) < 4.78 is 40.3. The minimum Gasteiger partial charge on any atom is -0.366 e. The molecule has 2 aromatic rings. The number of alkyl halides is 3. The van der Waals surface area contributed by atoms with Crippen LogP contribution in [-0.2, 0) is 12.7 Å². The van der Waals surface area contributed by atoms with E-state index in [0.29, 0.717) is 5.92 Å². The molecule has 0 aromatic heterocycles. The topological polar surface area (TPSA) is 124 Å². The summed E-state index contributed by atoms with van der Waals surface area (Å²) >= 11 is 0. The van der Waals surface area contributed by atoms with Gasteiger partial charge in [0.1, 0.15) is 0 Å². The van der Waals surface area contributed by atoms with E-state index in [-0.39, 0.29) is 34.8 Å². The van der Waals surface area contributed by atoms with Crippen LogP contribution in [-0.4, -0.2) is 28.8 Å². The number of benzene rings is 2. The number of hydrogen-bond donors (Lipinski definition) is 3. The second-order valence-corrected chi connectivity index (χ2v) is 11.0. The number of urea groups is 1. The lowest BCUT2D eigenvalue weighted by Gasteiger charge is -2.41. The number of aliphatic imine (C=N–C) groups is 1. The number of rotatable bonds is 5. The van der Waals surface area contributed by atoms with Crippen LogP contribution in [0.3, 0.4) is 0 Å². The van der Waals surface area contributed by atoms with Crippen molar-refractivity contribution in [2.75, 3.05) is 5.32 Å². The monoisotopic (exact) mass is 544 g/mol. The summed E-state index contributed by atoms with van der Waals surface area (Å²) in [5.41, 5.74) is 12.6. The van der Waals surface area contributed by atoms with Crippen molar-refractivity contribution in [2.45, 2.75) is 72.1 Å². The maximum absolute atomic E-state index is 13.5. The van der Waals surface area contributed by atoms with Crippen LogP contribution < -0.4 is 11.1 Å². The molecule has 4 N–H and O–H groups in total. The lowest BCUT2D eigenvalue weighted by Crippen LogP contribution is -2.45. The lowest BCUT2D eigenvalue weighted by atomic mass is 9.71. The first kappa shape index (κ1) is 29.8. The van der Waals surface area contributed by atoms with Crippen LogP contribution in [0.15, 0.2) is 52.6 Å². The highest BCUT2D eigenvalue weighted by atomic mass is 19.4. The number of carbonyl (C=O) groups is 2. The first-order chi connectivity index (χ1) is 18.2. The fourth-order valence-electron chi connectivity index (χ4n) is 4.96. The highest BCUT2D eigenvalue weighted by Crippen LogP contribution is 2.39. The molecule has 210 valence electrons. The van der Waals surface area contributed by atoms with E-state index in [1.54, 1.807) is 29.2 Å². The molecule has 0 heterocycles. The van der Waals surface area contributed by atoms with Gasteiger partial charge in [0.05, 0.1) is 5.56 Å². The molecule has 39 heavy (non-hydrogen) atoms. The Kier molecular flexibility index (Phi) is 9.14. The number of nitrogens with two attached hydrogens (primary N) is 1. The SMILES string of the molecule is Cc1ccc(NC(=O)N(Cc2ccc(C(=O)N=C(N)N=N)cc2)C2CCC(C(C)(C)C)CC2)cc1C(F)(F)F. The van der Waals surface area contributed by atoms with E-state index < -0.39 is 29.6 Å². The lowest BCUT2D eigenvalue weighted by molar-refractivity contribution is -0.138. The van der Waals surface area contributed by atoms with Gasteiger partial charge in [-0.2, -0.15) is 18.2 Å². The highest BCUT2D eigenvalue weighted by Gasteiger charge is 2.35. The molecule has 1 fully saturated rings. The predicted molar refractivity (Wildman–Crippen MR) is 143 cm³/mol. The van der Waals surface area contributed by atoms with Crippen molar-refractivity contribution in [3.05, 3.63) is 64.7 Å². The largest absolute Gasteiger partial charge is 0.416 e. The van der Waals surface area contributed by atoms with Gasteiger partial charge in [-0.25, -0.2) is 10.3 Å². The van der Waals surface area contributed by atoms with Crippen LogP contribution in [0.25, 0.3) is 0 Å². The van der Waals surface area contributed by atoms with Crippen molar-refractivity contribution in [3.63, 3.8) is 0 Å². The molecule has 3 amide bonds. The Morgan fingerprint density at radius 2 is 1.67 bits per heavy atom. The molecule has 0 atom stereocenters. The molecule has 0 spiro atoms. The van der Waals surface area contributed by atoms with E-state index in [1.165, 1.54) is 19.1 Å². The summed E-state index contributed by atoms with van der Waals surface area (Å²) in [6.07, 6.45) is -1.10. The molecule has 0 unspecified atom stereocenters. The van der Waals surface area contributed by atoms with Crippen molar-refractivity contribution >= 4 is 23.6 Å². The highest BCUT2D eigenvalue weighted by molar-refractivity contribution is 6.02. The summed E-state index contributed by atoms with van der Waals surface area (Å²) in [6.45, 7) is 8.20. The minimum atomic E-state index is -4.53. The third-order valence-electron chi connectivity index (χ3n) is 7.30. The maximum Gasteiger partial charge on any atom is 0.416 e. The molecule has 0 radical (unpaired) electrons.